The maximum absolute atomic E-state index is 10.2. The Hall–Kier alpha value is -2.44. The number of rotatable bonds is 5. The number of aliphatic hydroxyl groups is 1. The lowest BCUT2D eigenvalue weighted by Crippen LogP contribution is -2.23. The molecule has 1 atom stereocenters. The van der Waals surface area contributed by atoms with Crippen LogP contribution in [0.5, 0.6) is 5.75 Å². The molecule has 2 heterocycles. The van der Waals surface area contributed by atoms with Crippen LogP contribution in [0.15, 0.2) is 36.7 Å². The first-order chi connectivity index (χ1) is 11.6. The van der Waals surface area contributed by atoms with Gasteiger partial charge < -0.3 is 15.5 Å². The summed E-state index contributed by atoms with van der Waals surface area (Å²) in [7, 11) is 0. The van der Waals surface area contributed by atoms with Crippen molar-refractivity contribution >= 4 is 28.2 Å². The zero-order valence-electron chi connectivity index (χ0n) is 13.1. The number of hydrogen-bond acceptors (Lipinski definition) is 6. The Morgan fingerprint density at radius 3 is 2.75 bits per heavy atom. The second kappa shape index (κ2) is 6.98. The summed E-state index contributed by atoms with van der Waals surface area (Å²) >= 11 is 5.90. The molecule has 0 amide bonds. The van der Waals surface area contributed by atoms with Gasteiger partial charge >= 0.3 is 0 Å². The second-order valence-electron chi connectivity index (χ2n) is 5.41. The van der Waals surface area contributed by atoms with Gasteiger partial charge in [-0.05, 0) is 30.7 Å². The lowest BCUT2D eigenvalue weighted by molar-refractivity contribution is 0.271. The molecule has 1 unspecified atom stereocenters. The van der Waals surface area contributed by atoms with E-state index in [1.54, 1.807) is 24.5 Å². The minimum Gasteiger partial charge on any atom is -0.507 e. The molecule has 0 spiro atoms. The molecule has 0 radical (unpaired) electrons. The first kappa shape index (κ1) is 16.4. The number of aromatic hydroxyl groups is 1. The van der Waals surface area contributed by atoms with Crippen LogP contribution in [-0.2, 0) is 0 Å². The third kappa shape index (κ3) is 3.11. The average Bonchev–Trinajstić information content (AvgIpc) is 2.60. The first-order valence-electron chi connectivity index (χ1n) is 7.60. The zero-order valence-corrected chi connectivity index (χ0v) is 13.8. The lowest BCUT2D eigenvalue weighted by Gasteiger charge is -2.16. The molecule has 0 bridgehead atoms. The van der Waals surface area contributed by atoms with E-state index in [1.807, 2.05) is 13.0 Å². The van der Waals surface area contributed by atoms with Crippen LogP contribution in [0.25, 0.3) is 22.0 Å². The molecule has 3 aromatic rings. The fourth-order valence-corrected chi connectivity index (χ4v) is 2.64. The Bertz CT molecular complexity index is 868. The number of hydrogen-bond donors (Lipinski definition) is 3. The van der Waals surface area contributed by atoms with Crippen LogP contribution in [0.3, 0.4) is 0 Å². The molecule has 124 valence electrons. The predicted molar refractivity (Wildman–Crippen MR) is 94.2 cm³/mol. The minimum atomic E-state index is -0.113. The van der Waals surface area contributed by atoms with Crippen LogP contribution in [-0.4, -0.2) is 38.0 Å². The molecule has 7 heteroatoms. The van der Waals surface area contributed by atoms with Gasteiger partial charge in [0.25, 0.3) is 0 Å². The molecule has 6 nitrogen and oxygen atoms in total. The van der Waals surface area contributed by atoms with E-state index in [0.29, 0.717) is 22.1 Å². The van der Waals surface area contributed by atoms with Gasteiger partial charge in [-0.15, -0.1) is 10.2 Å². The summed E-state index contributed by atoms with van der Waals surface area (Å²) in [6.45, 7) is 1.97. The maximum Gasteiger partial charge on any atom is 0.158 e. The van der Waals surface area contributed by atoms with Gasteiger partial charge in [0.15, 0.2) is 5.82 Å². The molecule has 1 aromatic carbocycles. The van der Waals surface area contributed by atoms with Gasteiger partial charge in [-0.3, -0.25) is 4.98 Å². The van der Waals surface area contributed by atoms with Crippen molar-refractivity contribution in [2.75, 3.05) is 11.9 Å². The number of phenolic OH excluding ortho intramolecular Hbond substituents is 1. The van der Waals surface area contributed by atoms with Gasteiger partial charge in [0, 0.05) is 33.8 Å². The summed E-state index contributed by atoms with van der Waals surface area (Å²) in [5.74, 6) is 0.591. The van der Waals surface area contributed by atoms with Crippen molar-refractivity contribution in [1.82, 2.24) is 15.2 Å². The Labute approximate surface area is 144 Å². The van der Waals surface area contributed by atoms with Crippen molar-refractivity contribution in [3.8, 4) is 17.0 Å². The smallest absolute Gasteiger partial charge is 0.158 e. The molecule has 0 saturated carbocycles. The van der Waals surface area contributed by atoms with E-state index in [1.165, 1.54) is 6.07 Å². The summed E-state index contributed by atoms with van der Waals surface area (Å²) in [6.07, 6.45) is 4.10. The minimum absolute atomic E-state index is 0.000338. The topological polar surface area (TPSA) is 91.2 Å². The summed E-state index contributed by atoms with van der Waals surface area (Å²) in [5, 5.41) is 33.2. The summed E-state index contributed by atoms with van der Waals surface area (Å²) in [4.78, 5) is 4.15. The highest BCUT2D eigenvalue weighted by atomic mass is 35.5. The number of aromatic nitrogens is 3. The third-order valence-corrected chi connectivity index (χ3v) is 4.09. The fourth-order valence-electron chi connectivity index (χ4n) is 2.48. The highest BCUT2D eigenvalue weighted by Crippen LogP contribution is 2.35. The van der Waals surface area contributed by atoms with Gasteiger partial charge in [-0.25, -0.2) is 0 Å². The van der Waals surface area contributed by atoms with Crippen LogP contribution in [0.1, 0.15) is 13.3 Å². The van der Waals surface area contributed by atoms with E-state index < -0.39 is 0 Å². The molecule has 3 N–H and O–H groups in total. The Morgan fingerprint density at radius 1 is 1.21 bits per heavy atom. The highest BCUT2D eigenvalue weighted by Gasteiger charge is 2.16. The summed E-state index contributed by atoms with van der Waals surface area (Å²) < 4.78 is 0. The number of halogens is 1. The average molecular weight is 345 g/mol. The summed E-state index contributed by atoms with van der Waals surface area (Å²) in [5.41, 5.74) is 1.09. The number of anilines is 1. The van der Waals surface area contributed by atoms with Gasteiger partial charge in [-0.1, -0.05) is 18.5 Å². The SMILES string of the molecule is CCC(CO)Nc1nnc(-c2ccc(Cl)cc2O)c2ccncc12. The van der Waals surface area contributed by atoms with Crippen molar-refractivity contribution in [1.29, 1.82) is 0 Å². The zero-order chi connectivity index (χ0) is 17.1. The largest absolute Gasteiger partial charge is 0.507 e. The van der Waals surface area contributed by atoms with Gasteiger partial charge in [0.2, 0.25) is 0 Å². The highest BCUT2D eigenvalue weighted by molar-refractivity contribution is 6.30. The van der Waals surface area contributed by atoms with Crippen LogP contribution >= 0.6 is 11.6 Å². The van der Waals surface area contributed by atoms with E-state index in [9.17, 15) is 10.2 Å². The van der Waals surface area contributed by atoms with Crippen molar-refractivity contribution in [3.05, 3.63) is 41.7 Å². The van der Waals surface area contributed by atoms with Crippen LogP contribution in [0.2, 0.25) is 5.02 Å². The predicted octanol–water partition coefficient (Wildman–Crippen LogP) is 3.23. The van der Waals surface area contributed by atoms with Crippen molar-refractivity contribution in [2.24, 2.45) is 0 Å². The number of pyridine rings is 1. The van der Waals surface area contributed by atoms with Crippen molar-refractivity contribution in [2.45, 2.75) is 19.4 Å². The Morgan fingerprint density at radius 2 is 2.04 bits per heavy atom. The van der Waals surface area contributed by atoms with Crippen LogP contribution < -0.4 is 5.32 Å². The number of benzene rings is 1. The normalized spacial score (nSPS) is 12.3. The van der Waals surface area contributed by atoms with Gasteiger partial charge in [-0.2, -0.15) is 0 Å². The Balaban J connectivity index is 2.15. The molecule has 2 aromatic heterocycles. The standard InChI is InChI=1S/C17H17ClN4O2/c1-2-11(9-23)20-17-14-8-19-6-5-12(14)16(21-22-17)13-4-3-10(18)7-15(13)24/h3-8,11,23-24H,2,9H2,1H3,(H,20,22). The van der Waals surface area contributed by atoms with Crippen LogP contribution in [0, 0.1) is 0 Å². The molecule has 0 saturated heterocycles. The molecule has 0 aliphatic carbocycles. The number of phenols is 1. The molecule has 0 fully saturated rings. The molecule has 0 aliphatic heterocycles. The maximum atomic E-state index is 10.2. The molecule has 3 rings (SSSR count). The monoisotopic (exact) mass is 344 g/mol. The number of fused-ring (bicyclic) bond motifs is 1. The van der Waals surface area contributed by atoms with Crippen molar-refractivity contribution < 1.29 is 10.2 Å². The Kier molecular flexibility index (Phi) is 4.78. The quantitative estimate of drug-likeness (QED) is 0.658. The van der Waals surface area contributed by atoms with Crippen LogP contribution in [0.4, 0.5) is 5.82 Å². The van der Waals surface area contributed by atoms with E-state index in [-0.39, 0.29) is 18.4 Å². The van der Waals surface area contributed by atoms with E-state index in [2.05, 4.69) is 20.5 Å². The number of nitrogens with one attached hydrogen (secondary N) is 1. The van der Waals surface area contributed by atoms with Gasteiger partial charge in [0.05, 0.1) is 12.6 Å². The second-order valence-corrected chi connectivity index (χ2v) is 5.85. The lowest BCUT2D eigenvalue weighted by atomic mass is 10.1. The molecular weight excluding hydrogens is 328 g/mol. The number of nitrogens with zero attached hydrogens (tertiary/aromatic N) is 3. The molecule has 24 heavy (non-hydrogen) atoms. The van der Waals surface area contributed by atoms with Gasteiger partial charge in [0.1, 0.15) is 11.4 Å². The van der Waals surface area contributed by atoms with E-state index >= 15 is 0 Å². The van der Waals surface area contributed by atoms with E-state index in [0.717, 1.165) is 17.2 Å². The third-order valence-electron chi connectivity index (χ3n) is 3.85. The molecular formula is C17H17ClN4O2. The number of aliphatic hydroxyl groups excluding tert-OH is 1. The molecule has 0 aliphatic rings. The van der Waals surface area contributed by atoms with Crippen molar-refractivity contribution in [3.63, 3.8) is 0 Å². The first-order valence-corrected chi connectivity index (χ1v) is 7.98. The fraction of sp³-hybridized carbons (Fsp3) is 0.235. The summed E-state index contributed by atoms with van der Waals surface area (Å²) in [6, 6.07) is 6.57. The van der Waals surface area contributed by atoms with E-state index in [4.69, 9.17) is 11.6 Å².